The van der Waals surface area contributed by atoms with Crippen LogP contribution in [0.5, 0.6) is 0 Å². The van der Waals surface area contributed by atoms with E-state index in [1.165, 1.54) is 18.3 Å². The van der Waals surface area contributed by atoms with Gasteiger partial charge in [-0.25, -0.2) is 8.42 Å². The van der Waals surface area contributed by atoms with Gasteiger partial charge in [-0.1, -0.05) is 11.6 Å². The molecule has 4 nitrogen and oxygen atoms in total. The zero-order chi connectivity index (χ0) is 13.3. The Morgan fingerprint density at radius 3 is 2.89 bits per heavy atom. The molecule has 18 heavy (non-hydrogen) atoms. The van der Waals surface area contributed by atoms with E-state index < -0.39 is 16.1 Å². The number of nitrogens with zero attached hydrogens (tertiary/aromatic N) is 1. The van der Waals surface area contributed by atoms with E-state index in [2.05, 4.69) is 4.72 Å². The fourth-order valence-corrected chi connectivity index (χ4v) is 4.30. The van der Waals surface area contributed by atoms with Crippen molar-refractivity contribution in [2.75, 3.05) is 0 Å². The largest absolute Gasteiger partial charge is 0.243 e. The predicted molar refractivity (Wildman–Crippen MR) is 72.2 cm³/mol. The number of sulfonamides is 1. The lowest BCUT2D eigenvalue weighted by Crippen LogP contribution is -2.31. The van der Waals surface area contributed by atoms with E-state index in [4.69, 9.17) is 16.9 Å². The molecule has 1 heterocycles. The molecule has 0 bridgehead atoms. The Morgan fingerprint density at radius 2 is 2.22 bits per heavy atom. The molecule has 1 aromatic heterocycles. The number of nitrogens with one attached hydrogen (secondary N) is 1. The van der Waals surface area contributed by atoms with Crippen molar-refractivity contribution in [3.05, 3.63) is 28.6 Å². The van der Waals surface area contributed by atoms with Crippen LogP contribution in [-0.2, 0) is 10.0 Å². The number of thiophene rings is 1. The van der Waals surface area contributed by atoms with Gasteiger partial charge in [-0.15, -0.1) is 11.3 Å². The van der Waals surface area contributed by atoms with Crippen LogP contribution in [0.25, 0.3) is 10.1 Å². The second kappa shape index (κ2) is 4.86. The zero-order valence-corrected chi connectivity index (χ0v) is 11.7. The molecule has 1 atom stereocenters. The van der Waals surface area contributed by atoms with Crippen molar-refractivity contribution in [2.24, 2.45) is 0 Å². The van der Waals surface area contributed by atoms with E-state index in [1.807, 2.05) is 6.07 Å². The van der Waals surface area contributed by atoms with Crippen LogP contribution in [0, 0.1) is 11.3 Å². The highest BCUT2D eigenvalue weighted by molar-refractivity contribution is 7.90. The molecule has 2 rings (SSSR count). The average Bonchev–Trinajstić information content (AvgIpc) is 2.71. The molecule has 94 valence electrons. The van der Waals surface area contributed by atoms with E-state index in [1.54, 1.807) is 23.6 Å². The highest BCUT2D eigenvalue weighted by Gasteiger charge is 2.21. The third-order valence-corrected chi connectivity index (χ3v) is 5.24. The third kappa shape index (κ3) is 2.49. The summed E-state index contributed by atoms with van der Waals surface area (Å²) < 4.78 is 27.3. The van der Waals surface area contributed by atoms with Crippen molar-refractivity contribution in [1.29, 1.82) is 5.26 Å². The van der Waals surface area contributed by atoms with Gasteiger partial charge >= 0.3 is 0 Å². The quantitative estimate of drug-likeness (QED) is 0.947. The molecule has 0 amide bonds. The molecule has 0 unspecified atom stereocenters. The Kier molecular flexibility index (Phi) is 3.59. The lowest BCUT2D eigenvalue weighted by atomic mass is 10.3. The first-order valence-electron chi connectivity index (χ1n) is 5.03. The van der Waals surface area contributed by atoms with Gasteiger partial charge in [0.25, 0.3) is 0 Å². The second-order valence-electron chi connectivity index (χ2n) is 3.71. The van der Waals surface area contributed by atoms with E-state index in [9.17, 15) is 8.42 Å². The Labute approximate surface area is 114 Å². The monoisotopic (exact) mass is 300 g/mol. The average molecular weight is 301 g/mol. The van der Waals surface area contributed by atoms with Crippen LogP contribution in [0.1, 0.15) is 6.92 Å². The molecule has 1 N–H and O–H groups in total. The lowest BCUT2D eigenvalue weighted by molar-refractivity contribution is 0.578. The van der Waals surface area contributed by atoms with Crippen molar-refractivity contribution in [1.82, 2.24) is 4.72 Å². The minimum absolute atomic E-state index is 0.159. The summed E-state index contributed by atoms with van der Waals surface area (Å²) in [6.45, 7) is 1.49. The summed E-state index contributed by atoms with van der Waals surface area (Å²) in [4.78, 5) is 0.159. The van der Waals surface area contributed by atoms with Crippen LogP contribution in [0.15, 0.2) is 28.5 Å². The highest BCUT2D eigenvalue weighted by atomic mass is 35.5. The molecule has 0 aliphatic rings. The maximum Gasteiger partial charge on any atom is 0.243 e. The summed E-state index contributed by atoms with van der Waals surface area (Å²) in [7, 11) is -3.69. The third-order valence-electron chi connectivity index (χ3n) is 2.32. The fourth-order valence-electron chi connectivity index (χ4n) is 1.51. The summed E-state index contributed by atoms with van der Waals surface area (Å²) in [6.07, 6.45) is 0. The van der Waals surface area contributed by atoms with Crippen LogP contribution in [0.4, 0.5) is 0 Å². The lowest BCUT2D eigenvalue weighted by Gasteiger charge is -2.06. The van der Waals surface area contributed by atoms with Crippen molar-refractivity contribution in [2.45, 2.75) is 17.9 Å². The van der Waals surface area contributed by atoms with Crippen LogP contribution in [0.2, 0.25) is 5.02 Å². The van der Waals surface area contributed by atoms with Gasteiger partial charge in [-0.05, 0) is 25.1 Å². The number of hydrogen-bond acceptors (Lipinski definition) is 4. The van der Waals surface area contributed by atoms with Crippen molar-refractivity contribution >= 4 is 43.0 Å². The number of fused-ring (bicyclic) bond motifs is 1. The summed E-state index contributed by atoms with van der Waals surface area (Å²) in [5.74, 6) is 0. The minimum atomic E-state index is -3.69. The standard InChI is InChI=1S/C11H9ClN2O2S2/c1-7(5-13)14-18(15,16)11-6-17-10-3-2-8(12)4-9(10)11/h2-4,6-7,14H,1H3/t7-/m1/s1. The van der Waals surface area contributed by atoms with Crippen LogP contribution < -0.4 is 4.72 Å². The topological polar surface area (TPSA) is 70.0 Å². The first-order chi connectivity index (χ1) is 8.44. The zero-order valence-electron chi connectivity index (χ0n) is 9.34. The van der Waals surface area contributed by atoms with E-state index in [0.29, 0.717) is 10.4 Å². The molecule has 0 radical (unpaired) electrons. The molecule has 0 saturated heterocycles. The Balaban J connectivity index is 2.55. The number of rotatable bonds is 3. The summed E-state index contributed by atoms with van der Waals surface area (Å²) >= 11 is 7.19. The first kappa shape index (κ1) is 13.3. The van der Waals surface area contributed by atoms with Gasteiger partial charge in [0, 0.05) is 20.5 Å². The SMILES string of the molecule is C[C@H](C#N)NS(=O)(=O)c1csc2ccc(Cl)cc12. The van der Waals surface area contributed by atoms with Crippen molar-refractivity contribution in [3.63, 3.8) is 0 Å². The van der Waals surface area contributed by atoms with E-state index in [-0.39, 0.29) is 4.90 Å². The molecule has 2 aromatic rings. The highest BCUT2D eigenvalue weighted by Crippen LogP contribution is 2.31. The molecule has 1 aromatic carbocycles. The summed E-state index contributed by atoms with van der Waals surface area (Å²) in [5.41, 5.74) is 0. The molecule has 0 fully saturated rings. The van der Waals surface area contributed by atoms with Crippen LogP contribution >= 0.6 is 22.9 Å². The molecule has 0 aliphatic carbocycles. The number of hydrogen-bond donors (Lipinski definition) is 1. The number of benzene rings is 1. The summed E-state index contributed by atoms with van der Waals surface area (Å²) in [6, 6.07) is 6.15. The van der Waals surface area contributed by atoms with E-state index in [0.717, 1.165) is 4.70 Å². The first-order valence-corrected chi connectivity index (χ1v) is 7.77. The van der Waals surface area contributed by atoms with Gasteiger partial charge in [0.15, 0.2) is 0 Å². The number of nitriles is 1. The van der Waals surface area contributed by atoms with Gasteiger partial charge in [0.2, 0.25) is 10.0 Å². The summed E-state index contributed by atoms with van der Waals surface area (Å²) in [5, 5.41) is 11.3. The Hall–Kier alpha value is -1.13. The predicted octanol–water partition coefficient (Wildman–Crippen LogP) is 2.75. The van der Waals surface area contributed by atoms with Crippen molar-refractivity contribution < 1.29 is 8.42 Å². The molecule has 0 spiro atoms. The molecule has 0 aliphatic heterocycles. The number of halogens is 1. The molecule has 0 saturated carbocycles. The normalized spacial score (nSPS) is 13.4. The second-order valence-corrected chi connectivity index (χ2v) is 6.74. The maximum atomic E-state index is 12.1. The molecular weight excluding hydrogens is 292 g/mol. The van der Waals surface area contributed by atoms with Crippen LogP contribution in [-0.4, -0.2) is 14.5 Å². The van der Waals surface area contributed by atoms with Crippen molar-refractivity contribution in [3.8, 4) is 6.07 Å². The van der Waals surface area contributed by atoms with Gasteiger partial charge in [-0.2, -0.15) is 9.98 Å². The maximum absolute atomic E-state index is 12.1. The molecular formula is C11H9ClN2O2S2. The van der Waals surface area contributed by atoms with Gasteiger partial charge in [-0.3, -0.25) is 0 Å². The van der Waals surface area contributed by atoms with Crippen LogP contribution in [0.3, 0.4) is 0 Å². The Bertz CT molecular complexity index is 731. The Morgan fingerprint density at radius 1 is 1.50 bits per heavy atom. The molecule has 7 heteroatoms. The van der Waals surface area contributed by atoms with Gasteiger partial charge < -0.3 is 0 Å². The van der Waals surface area contributed by atoms with Gasteiger partial charge in [0.05, 0.1) is 6.07 Å². The fraction of sp³-hybridized carbons (Fsp3) is 0.182. The van der Waals surface area contributed by atoms with Gasteiger partial charge in [0.1, 0.15) is 10.9 Å². The smallest absolute Gasteiger partial charge is 0.207 e. The van der Waals surface area contributed by atoms with E-state index >= 15 is 0 Å². The minimum Gasteiger partial charge on any atom is -0.207 e.